The highest BCUT2D eigenvalue weighted by Crippen LogP contribution is 2.39. The molecular formula is C44H29N3. The van der Waals surface area contributed by atoms with Crippen molar-refractivity contribution >= 4 is 54.5 Å². The third-order valence-corrected chi connectivity index (χ3v) is 9.66. The van der Waals surface area contributed by atoms with Crippen LogP contribution in [0.1, 0.15) is 0 Å². The van der Waals surface area contributed by atoms with Gasteiger partial charge in [0.2, 0.25) is 0 Å². The number of para-hydroxylation sites is 3. The van der Waals surface area contributed by atoms with Gasteiger partial charge in [0.25, 0.3) is 0 Å². The second-order valence-electron chi connectivity index (χ2n) is 12.2. The smallest absolute Gasteiger partial charge is 0.0635 e. The summed E-state index contributed by atoms with van der Waals surface area (Å²) < 4.78 is 7.16. The van der Waals surface area contributed by atoms with Gasteiger partial charge in [-0.3, -0.25) is 0 Å². The van der Waals surface area contributed by atoms with Gasteiger partial charge in [0, 0.05) is 50.2 Å². The van der Waals surface area contributed by atoms with Gasteiger partial charge < -0.3 is 13.7 Å². The molecule has 0 N–H and O–H groups in total. The van der Waals surface area contributed by atoms with Gasteiger partial charge in [0.1, 0.15) is 0 Å². The molecule has 0 aliphatic heterocycles. The van der Waals surface area contributed by atoms with Crippen molar-refractivity contribution in [1.82, 2.24) is 13.7 Å². The standard InChI is InChI=1S/C44H29N3/c1-3-12-30(13-4-1)31-22-23-37-35-18-7-9-20-41(35)46(43(37)28-31)34-17-11-16-33(29-34)45-27-26-39-40(45)25-24-38-36-19-8-10-21-42(36)47(44(38)39)32-14-5-2-6-15-32/h1-29H. The molecule has 0 saturated carbocycles. The monoisotopic (exact) mass is 599 g/mol. The number of hydrogen-bond donors (Lipinski definition) is 0. The topological polar surface area (TPSA) is 14.8 Å². The zero-order chi connectivity index (χ0) is 30.9. The normalized spacial score (nSPS) is 11.8. The lowest BCUT2D eigenvalue weighted by Gasteiger charge is -2.13. The molecule has 3 nitrogen and oxygen atoms in total. The molecular weight excluding hydrogens is 571 g/mol. The Balaban J connectivity index is 1.19. The van der Waals surface area contributed by atoms with Crippen molar-refractivity contribution in [3.05, 3.63) is 176 Å². The Hall–Kier alpha value is -6.32. The van der Waals surface area contributed by atoms with Crippen LogP contribution in [0.5, 0.6) is 0 Å². The number of fused-ring (bicyclic) bond motifs is 8. The van der Waals surface area contributed by atoms with E-state index in [1.54, 1.807) is 0 Å². The molecule has 0 amide bonds. The summed E-state index contributed by atoms with van der Waals surface area (Å²) >= 11 is 0. The third-order valence-electron chi connectivity index (χ3n) is 9.66. The molecule has 3 heterocycles. The minimum Gasteiger partial charge on any atom is -0.316 e. The number of benzene rings is 7. The number of nitrogens with zero attached hydrogens (tertiary/aromatic N) is 3. The lowest BCUT2D eigenvalue weighted by Crippen LogP contribution is -1.98. The SMILES string of the molecule is c1ccc(-c2ccc3c4ccccc4n(-c4cccc(-n5ccc6c5ccc5c7ccccc7n(-c7ccccc7)c56)c4)c3c2)cc1. The van der Waals surface area contributed by atoms with Crippen LogP contribution in [0.3, 0.4) is 0 Å². The van der Waals surface area contributed by atoms with Crippen LogP contribution in [0.25, 0.3) is 82.7 Å². The number of rotatable bonds is 4. The fourth-order valence-electron chi connectivity index (χ4n) is 7.59. The van der Waals surface area contributed by atoms with E-state index in [0.29, 0.717) is 0 Å². The summed E-state index contributed by atoms with van der Waals surface area (Å²) in [6.45, 7) is 0. The summed E-state index contributed by atoms with van der Waals surface area (Å²) in [5.74, 6) is 0. The molecule has 220 valence electrons. The molecule has 10 aromatic rings. The Morgan fingerprint density at radius 1 is 0.298 bits per heavy atom. The summed E-state index contributed by atoms with van der Waals surface area (Å²) in [5.41, 5.74) is 11.9. The van der Waals surface area contributed by atoms with Crippen molar-refractivity contribution in [2.24, 2.45) is 0 Å². The van der Waals surface area contributed by atoms with Crippen LogP contribution in [0, 0.1) is 0 Å². The van der Waals surface area contributed by atoms with Crippen LogP contribution in [0.4, 0.5) is 0 Å². The summed E-state index contributed by atoms with van der Waals surface area (Å²) in [4.78, 5) is 0. The van der Waals surface area contributed by atoms with Gasteiger partial charge in [-0.1, -0.05) is 109 Å². The van der Waals surface area contributed by atoms with E-state index in [-0.39, 0.29) is 0 Å². The number of aromatic nitrogens is 3. The van der Waals surface area contributed by atoms with Crippen molar-refractivity contribution in [3.8, 4) is 28.2 Å². The molecule has 47 heavy (non-hydrogen) atoms. The molecule has 7 aromatic carbocycles. The summed E-state index contributed by atoms with van der Waals surface area (Å²) in [7, 11) is 0. The van der Waals surface area contributed by atoms with Gasteiger partial charge in [0.05, 0.1) is 27.6 Å². The van der Waals surface area contributed by atoms with Gasteiger partial charge >= 0.3 is 0 Å². The lowest BCUT2D eigenvalue weighted by atomic mass is 10.0. The molecule has 0 radical (unpaired) electrons. The van der Waals surface area contributed by atoms with Gasteiger partial charge in [-0.2, -0.15) is 0 Å². The third kappa shape index (κ3) is 3.87. The molecule has 0 saturated heterocycles. The van der Waals surface area contributed by atoms with Crippen molar-refractivity contribution in [2.75, 3.05) is 0 Å². The molecule has 0 unspecified atom stereocenters. The van der Waals surface area contributed by atoms with Crippen LogP contribution >= 0.6 is 0 Å². The van der Waals surface area contributed by atoms with Gasteiger partial charge in [-0.05, 0) is 71.8 Å². The molecule has 0 aliphatic carbocycles. The quantitative estimate of drug-likeness (QED) is 0.191. The molecule has 3 aromatic heterocycles. The maximum Gasteiger partial charge on any atom is 0.0635 e. The maximum absolute atomic E-state index is 2.41. The van der Waals surface area contributed by atoms with Gasteiger partial charge in [-0.25, -0.2) is 0 Å². The zero-order valence-electron chi connectivity index (χ0n) is 25.6. The first-order valence-corrected chi connectivity index (χ1v) is 16.1. The van der Waals surface area contributed by atoms with Crippen LogP contribution in [-0.4, -0.2) is 13.7 Å². The number of hydrogen-bond acceptors (Lipinski definition) is 0. The zero-order valence-corrected chi connectivity index (χ0v) is 25.6. The molecule has 0 atom stereocenters. The Bertz CT molecular complexity index is 2780. The largest absolute Gasteiger partial charge is 0.316 e. The lowest BCUT2D eigenvalue weighted by molar-refractivity contribution is 1.10. The van der Waals surface area contributed by atoms with E-state index in [4.69, 9.17) is 0 Å². The van der Waals surface area contributed by atoms with E-state index in [9.17, 15) is 0 Å². The summed E-state index contributed by atoms with van der Waals surface area (Å²) in [5, 5.41) is 6.29. The average Bonchev–Trinajstić information content (AvgIpc) is 3.82. The van der Waals surface area contributed by atoms with E-state index in [1.807, 2.05) is 0 Å². The van der Waals surface area contributed by atoms with E-state index >= 15 is 0 Å². The Kier molecular flexibility index (Phi) is 5.57. The predicted octanol–water partition coefficient (Wildman–Crippen LogP) is 11.5. The highest BCUT2D eigenvalue weighted by Gasteiger charge is 2.18. The van der Waals surface area contributed by atoms with Gasteiger partial charge in [0.15, 0.2) is 0 Å². The van der Waals surface area contributed by atoms with Crippen LogP contribution in [0.15, 0.2) is 176 Å². The molecule has 3 heteroatoms. The highest BCUT2D eigenvalue weighted by atomic mass is 15.0. The Morgan fingerprint density at radius 3 is 1.72 bits per heavy atom. The Morgan fingerprint density at radius 2 is 0.915 bits per heavy atom. The first-order valence-electron chi connectivity index (χ1n) is 16.1. The molecule has 0 bridgehead atoms. The predicted molar refractivity (Wildman–Crippen MR) is 197 cm³/mol. The molecule has 0 spiro atoms. The summed E-state index contributed by atoms with van der Waals surface area (Å²) in [6.07, 6.45) is 2.22. The van der Waals surface area contributed by atoms with Crippen LogP contribution < -0.4 is 0 Å². The van der Waals surface area contributed by atoms with Crippen molar-refractivity contribution in [3.63, 3.8) is 0 Å². The first-order chi connectivity index (χ1) is 23.3. The van der Waals surface area contributed by atoms with E-state index < -0.39 is 0 Å². The van der Waals surface area contributed by atoms with Crippen molar-refractivity contribution in [2.45, 2.75) is 0 Å². The van der Waals surface area contributed by atoms with Crippen LogP contribution in [-0.2, 0) is 0 Å². The van der Waals surface area contributed by atoms with Crippen molar-refractivity contribution in [1.29, 1.82) is 0 Å². The average molecular weight is 600 g/mol. The van der Waals surface area contributed by atoms with E-state index in [0.717, 1.165) is 11.4 Å². The summed E-state index contributed by atoms with van der Waals surface area (Å²) in [6, 6.07) is 61.4. The molecule has 10 rings (SSSR count). The van der Waals surface area contributed by atoms with E-state index in [1.165, 1.54) is 71.3 Å². The molecule has 0 aliphatic rings. The fraction of sp³-hybridized carbons (Fsp3) is 0. The Labute approximate surface area is 271 Å². The first kappa shape index (κ1) is 26.0. The van der Waals surface area contributed by atoms with Gasteiger partial charge in [-0.15, -0.1) is 0 Å². The highest BCUT2D eigenvalue weighted by molar-refractivity contribution is 6.18. The second-order valence-corrected chi connectivity index (χ2v) is 12.2. The fourth-order valence-corrected chi connectivity index (χ4v) is 7.59. The maximum atomic E-state index is 2.41. The molecule has 0 fully saturated rings. The minimum absolute atomic E-state index is 1.13. The van der Waals surface area contributed by atoms with Crippen molar-refractivity contribution < 1.29 is 0 Å². The van der Waals surface area contributed by atoms with E-state index in [2.05, 4.69) is 190 Å². The van der Waals surface area contributed by atoms with Crippen LogP contribution in [0.2, 0.25) is 0 Å². The second kappa shape index (κ2) is 10.1. The minimum atomic E-state index is 1.13.